The van der Waals surface area contributed by atoms with Crippen LogP contribution in [-0.2, 0) is 0 Å². The molecule has 110 valence electrons. The van der Waals surface area contributed by atoms with Gasteiger partial charge in [0, 0.05) is 22.9 Å². The molecule has 0 aromatic heterocycles. The molecule has 4 heteroatoms. The molecule has 2 rings (SSSR count). The van der Waals surface area contributed by atoms with Crippen molar-refractivity contribution < 1.29 is 9.53 Å². The molecule has 1 fully saturated rings. The van der Waals surface area contributed by atoms with Gasteiger partial charge in [0.1, 0.15) is 5.75 Å². The van der Waals surface area contributed by atoms with Crippen LogP contribution in [0.3, 0.4) is 0 Å². The number of ether oxygens (including phenoxy) is 1. The predicted molar refractivity (Wildman–Crippen MR) is 81.0 cm³/mol. The standard InChI is InChI=1S/C16H24N2O2/c1-3-20-14-10-12(9-13(17)11-14)15(19)18-16(2)7-5-4-6-8-16/h9-11H,3-8,17H2,1-2H3,(H,18,19). The second-order valence-corrected chi connectivity index (χ2v) is 5.80. The van der Waals surface area contributed by atoms with Gasteiger partial charge in [0.05, 0.1) is 6.61 Å². The van der Waals surface area contributed by atoms with Crippen LogP contribution in [-0.4, -0.2) is 18.1 Å². The average molecular weight is 276 g/mol. The first-order chi connectivity index (χ1) is 9.52. The zero-order valence-electron chi connectivity index (χ0n) is 12.4. The highest BCUT2D eigenvalue weighted by molar-refractivity contribution is 5.96. The van der Waals surface area contributed by atoms with Crippen molar-refractivity contribution in [1.82, 2.24) is 5.32 Å². The lowest BCUT2D eigenvalue weighted by atomic mass is 9.83. The summed E-state index contributed by atoms with van der Waals surface area (Å²) in [6.07, 6.45) is 5.70. The fourth-order valence-electron chi connectivity index (χ4n) is 2.81. The normalized spacial score (nSPS) is 17.5. The summed E-state index contributed by atoms with van der Waals surface area (Å²) >= 11 is 0. The Hall–Kier alpha value is -1.71. The van der Waals surface area contributed by atoms with Gasteiger partial charge >= 0.3 is 0 Å². The first-order valence-corrected chi connectivity index (χ1v) is 7.38. The molecular weight excluding hydrogens is 252 g/mol. The molecule has 0 unspecified atom stereocenters. The Bertz CT molecular complexity index is 479. The number of rotatable bonds is 4. The van der Waals surface area contributed by atoms with Gasteiger partial charge in [0.2, 0.25) is 0 Å². The molecule has 1 amide bonds. The minimum atomic E-state index is -0.0916. The van der Waals surface area contributed by atoms with Gasteiger partial charge < -0.3 is 15.8 Å². The van der Waals surface area contributed by atoms with E-state index >= 15 is 0 Å². The molecule has 0 radical (unpaired) electrons. The first-order valence-electron chi connectivity index (χ1n) is 7.38. The van der Waals surface area contributed by atoms with Crippen molar-refractivity contribution in [2.75, 3.05) is 12.3 Å². The summed E-state index contributed by atoms with van der Waals surface area (Å²) in [5.74, 6) is 0.578. The Morgan fingerprint density at radius 1 is 1.30 bits per heavy atom. The van der Waals surface area contributed by atoms with Crippen molar-refractivity contribution in [3.05, 3.63) is 23.8 Å². The maximum atomic E-state index is 12.4. The molecule has 0 aliphatic heterocycles. The number of nitrogens with one attached hydrogen (secondary N) is 1. The first kappa shape index (κ1) is 14.7. The maximum Gasteiger partial charge on any atom is 0.251 e. The summed E-state index contributed by atoms with van der Waals surface area (Å²) < 4.78 is 5.43. The summed E-state index contributed by atoms with van der Waals surface area (Å²) in [5, 5.41) is 3.16. The van der Waals surface area contributed by atoms with Crippen molar-refractivity contribution in [2.45, 2.75) is 51.5 Å². The van der Waals surface area contributed by atoms with Gasteiger partial charge in [-0.3, -0.25) is 4.79 Å². The van der Waals surface area contributed by atoms with Crippen molar-refractivity contribution in [3.63, 3.8) is 0 Å². The summed E-state index contributed by atoms with van der Waals surface area (Å²) in [5.41, 5.74) is 6.86. The van der Waals surface area contributed by atoms with E-state index in [4.69, 9.17) is 10.5 Å². The zero-order chi connectivity index (χ0) is 14.6. The third-order valence-electron chi connectivity index (χ3n) is 3.87. The van der Waals surface area contributed by atoms with Gasteiger partial charge in [-0.2, -0.15) is 0 Å². The fraction of sp³-hybridized carbons (Fsp3) is 0.562. The minimum Gasteiger partial charge on any atom is -0.494 e. The molecule has 4 nitrogen and oxygen atoms in total. The SMILES string of the molecule is CCOc1cc(N)cc(C(=O)NC2(C)CCCCC2)c1. The van der Waals surface area contributed by atoms with E-state index in [1.54, 1.807) is 18.2 Å². The summed E-state index contributed by atoms with van der Waals surface area (Å²) in [7, 11) is 0. The van der Waals surface area contributed by atoms with Gasteiger partial charge in [-0.05, 0) is 38.8 Å². The molecule has 0 heterocycles. The van der Waals surface area contributed by atoms with Gasteiger partial charge in [0.25, 0.3) is 5.91 Å². The zero-order valence-corrected chi connectivity index (χ0v) is 12.4. The minimum absolute atomic E-state index is 0.0670. The molecule has 1 aromatic carbocycles. The van der Waals surface area contributed by atoms with E-state index in [0.29, 0.717) is 23.6 Å². The quantitative estimate of drug-likeness (QED) is 0.830. The van der Waals surface area contributed by atoms with Crippen LogP contribution < -0.4 is 15.8 Å². The summed E-state index contributed by atoms with van der Waals surface area (Å²) in [6, 6.07) is 5.19. The topological polar surface area (TPSA) is 64.3 Å². The lowest BCUT2D eigenvalue weighted by molar-refractivity contribution is 0.0882. The maximum absolute atomic E-state index is 12.4. The van der Waals surface area contributed by atoms with E-state index in [1.807, 2.05) is 6.92 Å². The number of carbonyl (C=O) groups is 1. The Labute approximate surface area is 120 Å². The van der Waals surface area contributed by atoms with Crippen LogP contribution in [0, 0.1) is 0 Å². The average Bonchev–Trinajstić information content (AvgIpc) is 2.38. The summed E-state index contributed by atoms with van der Waals surface area (Å²) in [6.45, 7) is 4.59. The Balaban J connectivity index is 2.12. The number of hydrogen-bond acceptors (Lipinski definition) is 3. The molecule has 0 saturated heterocycles. The third-order valence-corrected chi connectivity index (χ3v) is 3.87. The Morgan fingerprint density at radius 2 is 2.00 bits per heavy atom. The molecule has 1 aliphatic rings. The van der Waals surface area contributed by atoms with Gasteiger partial charge in [-0.1, -0.05) is 19.3 Å². The van der Waals surface area contributed by atoms with Gasteiger partial charge in [-0.25, -0.2) is 0 Å². The second kappa shape index (κ2) is 6.16. The van der Waals surface area contributed by atoms with Crippen molar-refractivity contribution in [1.29, 1.82) is 0 Å². The number of amides is 1. The smallest absolute Gasteiger partial charge is 0.251 e. The Kier molecular flexibility index (Phi) is 4.53. The highest BCUT2D eigenvalue weighted by Gasteiger charge is 2.28. The van der Waals surface area contributed by atoms with Crippen LogP contribution in [0.5, 0.6) is 5.75 Å². The van der Waals surface area contributed by atoms with Gasteiger partial charge in [-0.15, -0.1) is 0 Å². The van der Waals surface area contributed by atoms with Gasteiger partial charge in [0.15, 0.2) is 0 Å². The molecule has 0 spiro atoms. The number of nitrogens with two attached hydrogens (primary N) is 1. The highest BCUT2D eigenvalue weighted by atomic mass is 16.5. The van der Waals surface area contributed by atoms with Crippen molar-refractivity contribution in [2.24, 2.45) is 0 Å². The number of carbonyl (C=O) groups excluding carboxylic acids is 1. The molecular formula is C16H24N2O2. The number of anilines is 1. The Morgan fingerprint density at radius 3 is 2.65 bits per heavy atom. The fourth-order valence-corrected chi connectivity index (χ4v) is 2.81. The predicted octanol–water partition coefficient (Wildman–Crippen LogP) is 3.12. The van der Waals surface area contributed by atoms with E-state index in [2.05, 4.69) is 12.2 Å². The third kappa shape index (κ3) is 3.65. The van der Waals surface area contributed by atoms with Crippen LogP contribution in [0.15, 0.2) is 18.2 Å². The molecule has 0 atom stereocenters. The van der Waals surface area contributed by atoms with Crippen LogP contribution >= 0.6 is 0 Å². The van der Waals surface area contributed by atoms with Crippen LogP contribution in [0.2, 0.25) is 0 Å². The molecule has 20 heavy (non-hydrogen) atoms. The largest absolute Gasteiger partial charge is 0.494 e. The number of nitrogen functional groups attached to an aromatic ring is 1. The van der Waals surface area contributed by atoms with Crippen LogP contribution in [0.1, 0.15) is 56.3 Å². The van der Waals surface area contributed by atoms with E-state index in [-0.39, 0.29) is 11.4 Å². The van der Waals surface area contributed by atoms with Crippen LogP contribution in [0.25, 0.3) is 0 Å². The van der Waals surface area contributed by atoms with E-state index in [1.165, 1.54) is 19.3 Å². The number of hydrogen-bond donors (Lipinski definition) is 2. The molecule has 0 bridgehead atoms. The van der Waals surface area contributed by atoms with Crippen molar-refractivity contribution >= 4 is 11.6 Å². The molecule has 1 saturated carbocycles. The van der Waals surface area contributed by atoms with Crippen molar-refractivity contribution in [3.8, 4) is 5.75 Å². The molecule has 3 N–H and O–H groups in total. The highest BCUT2D eigenvalue weighted by Crippen LogP contribution is 2.28. The van der Waals surface area contributed by atoms with E-state index < -0.39 is 0 Å². The second-order valence-electron chi connectivity index (χ2n) is 5.80. The monoisotopic (exact) mass is 276 g/mol. The van der Waals surface area contributed by atoms with Crippen LogP contribution in [0.4, 0.5) is 5.69 Å². The number of benzene rings is 1. The lowest BCUT2D eigenvalue weighted by Gasteiger charge is -2.34. The molecule has 1 aliphatic carbocycles. The van der Waals surface area contributed by atoms with E-state index in [0.717, 1.165) is 12.8 Å². The van der Waals surface area contributed by atoms with E-state index in [9.17, 15) is 4.79 Å². The molecule has 1 aromatic rings. The summed E-state index contributed by atoms with van der Waals surface area (Å²) in [4.78, 5) is 12.4. The lowest BCUT2D eigenvalue weighted by Crippen LogP contribution is -2.47.